The second-order valence-corrected chi connectivity index (χ2v) is 5.36. The number of pyridine rings is 1. The fourth-order valence-electron chi connectivity index (χ4n) is 2.16. The Balaban J connectivity index is 2.16. The van der Waals surface area contributed by atoms with Crippen molar-refractivity contribution >= 4 is 23.0 Å². The molecule has 116 valence electrons. The molecule has 1 aromatic heterocycles. The van der Waals surface area contributed by atoms with Crippen LogP contribution in [0.5, 0.6) is 0 Å². The molecule has 1 atom stereocenters. The Morgan fingerprint density at radius 1 is 1.48 bits per heavy atom. The molecule has 3 N–H and O–H groups in total. The van der Waals surface area contributed by atoms with Gasteiger partial charge in [0.25, 0.3) is 0 Å². The maximum absolute atomic E-state index is 12.7. The molecule has 1 aliphatic rings. The van der Waals surface area contributed by atoms with Crippen molar-refractivity contribution in [2.75, 3.05) is 25.1 Å². The Morgan fingerprint density at radius 2 is 2.24 bits per heavy atom. The number of ether oxygens (including phenoxy) is 1. The van der Waals surface area contributed by atoms with Gasteiger partial charge >= 0.3 is 6.18 Å². The van der Waals surface area contributed by atoms with Crippen LogP contribution in [0.2, 0.25) is 0 Å². The Morgan fingerprint density at radius 3 is 2.81 bits per heavy atom. The average Bonchev–Trinajstić information content (AvgIpc) is 2.45. The highest BCUT2D eigenvalue weighted by Gasteiger charge is 2.33. The number of hydrogen-bond acceptors (Lipinski definition) is 4. The molecule has 0 saturated carbocycles. The molecule has 21 heavy (non-hydrogen) atoms. The van der Waals surface area contributed by atoms with Gasteiger partial charge in [0.15, 0.2) is 0 Å². The molecular formula is C13H16F3N3OS. The standard InChI is InChI=1S/C13H16F3N3OS/c14-13(15,16)10-4-3-9(11(17)21)12(19-10)18-6-8-2-1-5-20-7-8/h3-4,8H,1-2,5-7H2,(H2,17,21)(H,18,19). The van der Waals surface area contributed by atoms with Gasteiger partial charge in [0.1, 0.15) is 16.5 Å². The lowest BCUT2D eigenvalue weighted by Crippen LogP contribution is -2.26. The number of halogens is 3. The van der Waals surface area contributed by atoms with E-state index in [0.29, 0.717) is 18.7 Å². The normalized spacial score (nSPS) is 19.3. The zero-order valence-corrected chi connectivity index (χ0v) is 12.1. The van der Waals surface area contributed by atoms with E-state index in [1.807, 2.05) is 0 Å². The molecular weight excluding hydrogens is 303 g/mol. The molecule has 8 heteroatoms. The van der Waals surface area contributed by atoms with Crippen molar-refractivity contribution in [3.05, 3.63) is 23.4 Å². The second kappa shape index (κ2) is 6.57. The summed E-state index contributed by atoms with van der Waals surface area (Å²) in [7, 11) is 0. The van der Waals surface area contributed by atoms with Gasteiger partial charge in [0.05, 0.1) is 12.2 Å². The van der Waals surface area contributed by atoms with Crippen molar-refractivity contribution < 1.29 is 17.9 Å². The van der Waals surface area contributed by atoms with E-state index < -0.39 is 11.9 Å². The van der Waals surface area contributed by atoms with Crippen LogP contribution in [0.15, 0.2) is 12.1 Å². The van der Waals surface area contributed by atoms with E-state index in [9.17, 15) is 13.2 Å². The molecule has 0 aliphatic carbocycles. The van der Waals surface area contributed by atoms with Crippen molar-refractivity contribution in [3.63, 3.8) is 0 Å². The van der Waals surface area contributed by atoms with Crippen molar-refractivity contribution in [1.29, 1.82) is 0 Å². The molecule has 0 spiro atoms. The van der Waals surface area contributed by atoms with Crippen molar-refractivity contribution in [1.82, 2.24) is 4.98 Å². The summed E-state index contributed by atoms with van der Waals surface area (Å²) in [4.78, 5) is 3.62. The highest BCUT2D eigenvalue weighted by atomic mass is 32.1. The third-order valence-electron chi connectivity index (χ3n) is 3.26. The third-order valence-corrected chi connectivity index (χ3v) is 3.48. The summed E-state index contributed by atoms with van der Waals surface area (Å²) in [6.07, 6.45) is -2.59. The predicted molar refractivity (Wildman–Crippen MR) is 77.2 cm³/mol. The van der Waals surface area contributed by atoms with Gasteiger partial charge in [-0.05, 0) is 30.9 Å². The first-order chi connectivity index (χ1) is 9.88. The lowest BCUT2D eigenvalue weighted by Gasteiger charge is -2.23. The number of thiocarbonyl (C=S) groups is 1. The summed E-state index contributed by atoms with van der Waals surface area (Å²) in [5, 5.41) is 2.92. The van der Waals surface area contributed by atoms with Crippen LogP contribution < -0.4 is 11.1 Å². The minimum atomic E-state index is -4.50. The highest BCUT2D eigenvalue weighted by Crippen LogP contribution is 2.29. The first-order valence-electron chi connectivity index (χ1n) is 6.57. The van der Waals surface area contributed by atoms with E-state index in [-0.39, 0.29) is 16.7 Å². The third kappa shape index (κ3) is 4.28. The highest BCUT2D eigenvalue weighted by molar-refractivity contribution is 7.80. The van der Waals surface area contributed by atoms with Gasteiger partial charge in [-0.25, -0.2) is 4.98 Å². The number of nitrogens with zero attached hydrogens (tertiary/aromatic N) is 1. The zero-order valence-electron chi connectivity index (χ0n) is 11.2. The lowest BCUT2D eigenvalue weighted by atomic mass is 10.0. The molecule has 0 radical (unpaired) electrons. The van der Waals surface area contributed by atoms with Gasteiger partial charge in [-0.2, -0.15) is 13.2 Å². The van der Waals surface area contributed by atoms with Gasteiger partial charge < -0.3 is 15.8 Å². The van der Waals surface area contributed by atoms with Gasteiger partial charge in [0, 0.05) is 13.2 Å². The quantitative estimate of drug-likeness (QED) is 0.835. The van der Waals surface area contributed by atoms with E-state index in [0.717, 1.165) is 25.5 Å². The van der Waals surface area contributed by atoms with E-state index in [1.54, 1.807) is 0 Å². The minimum absolute atomic E-state index is 0.0126. The average molecular weight is 319 g/mol. The fraction of sp³-hybridized carbons (Fsp3) is 0.538. The van der Waals surface area contributed by atoms with Gasteiger partial charge in [-0.3, -0.25) is 0 Å². The summed E-state index contributed by atoms with van der Waals surface area (Å²) < 4.78 is 43.5. The molecule has 0 bridgehead atoms. The maximum atomic E-state index is 12.7. The minimum Gasteiger partial charge on any atom is -0.389 e. The van der Waals surface area contributed by atoms with Crippen LogP contribution in [-0.2, 0) is 10.9 Å². The van der Waals surface area contributed by atoms with Crippen molar-refractivity contribution in [2.24, 2.45) is 11.7 Å². The Bertz CT molecular complexity index is 516. The zero-order chi connectivity index (χ0) is 15.5. The number of nitrogens with one attached hydrogen (secondary N) is 1. The van der Waals surface area contributed by atoms with Crippen molar-refractivity contribution in [3.8, 4) is 0 Å². The first-order valence-corrected chi connectivity index (χ1v) is 6.98. The fourth-order valence-corrected chi connectivity index (χ4v) is 2.32. The number of alkyl halides is 3. The second-order valence-electron chi connectivity index (χ2n) is 4.92. The largest absolute Gasteiger partial charge is 0.433 e. The van der Waals surface area contributed by atoms with Crippen LogP contribution in [0.4, 0.5) is 19.0 Å². The molecule has 1 fully saturated rings. The van der Waals surface area contributed by atoms with E-state index in [4.69, 9.17) is 22.7 Å². The summed E-state index contributed by atoms with van der Waals surface area (Å²) in [6, 6.07) is 2.13. The first kappa shape index (κ1) is 16.0. The molecule has 4 nitrogen and oxygen atoms in total. The SMILES string of the molecule is NC(=S)c1ccc(C(F)(F)F)nc1NCC1CCCOC1. The molecule has 0 aromatic carbocycles. The summed E-state index contributed by atoms with van der Waals surface area (Å²) in [6.45, 7) is 1.80. The summed E-state index contributed by atoms with van der Waals surface area (Å²) >= 11 is 4.85. The van der Waals surface area contributed by atoms with Gasteiger partial charge in [0.2, 0.25) is 0 Å². The molecule has 2 heterocycles. The lowest BCUT2D eigenvalue weighted by molar-refractivity contribution is -0.141. The van der Waals surface area contributed by atoms with Crippen LogP contribution in [0, 0.1) is 5.92 Å². The van der Waals surface area contributed by atoms with Crippen LogP contribution in [0.25, 0.3) is 0 Å². The maximum Gasteiger partial charge on any atom is 0.433 e. The summed E-state index contributed by atoms with van der Waals surface area (Å²) in [5.41, 5.74) is 4.87. The molecule has 1 saturated heterocycles. The van der Waals surface area contributed by atoms with Crippen LogP contribution in [0.3, 0.4) is 0 Å². The molecule has 1 unspecified atom stereocenters. The Labute approximate surface area is 125 Å². The van der Waals surface area contributed by atoms with E-state index >= 15 is 0 Å². The number of rotatable bonds is 4. The van der Waals surface area contributed by atoms with E-state index in [2.05, 4.69) is 10.3 Å². The smallest absolute Gasteiger partial charge is 0.389 e. The monoisotopic (exact) mass is 319 g/mol. The molecule has 1 aromatic rings. The van der Waals surface area contributed by atoms with Crippen LogP contribution in [-0.4, -0.2) is 29.7 Å². The van der Waals surface area contributed by atoms with Crippen molar-refractivity contribution in [2.45, 2.75) is 19.0 Å². The van der Waals surface area contributed by atoms with Crippen LogP contribution >= 0.6 is 12.2 Å². The van der Waals surface area contributed by atoms with E-state index in [1.165, 1.54) is 6.07 Å². The van der Waals surface area contributed by atoms with Gasteiger partial charge in [-0.15, -0.1) is 0 Å². The number of hydrogen-bond donors (Lipinski definition) is 2. The molecule has 2 rings (SSSR count). The molecule has 0 amide bonds. The Kier molecular flexibility index (Phi) is 5.00. The number of anilines is 1. The van der Waals surface area contributed by atoms with Crippen LogP contribution in [0.1, 0.15) is 24.1 Å². The Hall–Kier alpha value is -1.41. The summed E-state index contributed by atoms with van der Waals surface area (Å²) in [5.74, 6) is 0.317. The number of aromatic nitrogens is 1. The van der Waals surface area contributed by atoms with Gasteiger partial charge in [-0.1, -0.05) is 12.2 Å². The predicted octanol–water partition coefficient (Wildman–Crippen LogP) is 2.57. The topological polar surface area (TPSA) is 60.2 Å². The molecule has 1 aliphatic heterocycles. The number of nitrogens with two attached hydrogens (primary N) is 1.